The Balaban J connectivity index is 1.85. The number of fused-ring (bicyclic) bond motifs is 1. The van der Waals surface area contributed by atoms with Crippen LogP contribution in [-0.2, 0) is 16.0 Å². The fraction of sp³-hybridized carbons (Fsp3) is 0.429. The molecule has 0 radical (unpaired) electrons. The third kappa shape index (κ3) is 2.23. The lowest BCUT2D eigenvalue weighted by atomic mass is 10.1. The van der Waals surface area contributed by atoms with Crippen molar-refractivity contribution in [1.29, 1.82) is 0 Å². The molecule has 3 rings (SSSR count). The molecule has 2 aliphatic heterocycles. The zero-order chi connectivity index (χ0) is 13.4. The highest BCUT2D eigenvalue weighted by molar-refractivity contribution is 8.00. The molecule has 0 aliphatic carbocycles. The van der Waals surface area contributed by atoms with Crippen molar-refractivity contribution in [3.05, 3.63) is 29.8 Å². The molecule has 0 aromatic heterocycles. The van der Waals surface area contributed by atoms with Crippen LogP contribution >= 0.6 is 11.8 Å². The van der Waals surface area contributed by atoms with Gasteiger partial charge in [0.2, 0.25) is 5.91 Å². The van der Waals surface area contributed by atoms with Crippen molar-refractivity contribution >= 4 is 29.3 Å². The number of anilines is 1. The first-order chi connectivity index (χ1) is 9.16. The van der Waals surface area contributed by atoms with Crippen molar-refractivity contribution < 1.29 is 9.59 Å². The van der Waals surface area contributed by atoms with E-state index >= 15 is 0 Å². The van der Waals surface area contributed by atoms with Crippen molar-refractivity contribution in [3.63, 3.8) is 0 Å². The van der Waals surface area contributed by atoms with Crippen molar-refractivity contribution in [2.75, 3.05) is 16.4 Å². The average molecular weight is 276 g/mol. The van der Waals surface area contributed by atoms with E-state index in [0.29, 0.717) is 11.5 Å². The summed E-state index contributed by atoms with van der Waals surface area (Å²) in [4.78, 5) is 25.9. The SMILES string of the molecule is CC1Cc2ccccc2N1C(=O)C1CSCC(=O)N1. The van der Waals surface area contributed by atoms with Gasteiger partial charge in [0.15, 0.2) is 0 Å². The molecule has 1 aromatic rings. The molecule has 5 heteroatoms. The molecule has 2 amide bonds. The first-order valence-corrected chi connectivity index (χ1v) is 7.60. The quantitative estimate of drug-likeness (QED) is 0.838. The maximum absolute atomic E-state index is 12.6. The van der Waals surface area contributed by atoms with Crippen molar-refractivity contribution in [2.24, 2.45) is 0 Å². The topological polar surface area (TPSA) is 49.4 Å². The van der Waals surface area contributed by atoms with Crippen LogP contribution in [0.25, 0.3) is 0 Å². The number of rotatable bonds is 1. The van der Waals surface area contributed by atoms with Crippen LogP contribution in [-0.4, -0.2) is 35.4 Å². The van der Waals surface area contributed by atoms with Crippen LogP contribution < -0.4 is 10.2 Å². The van der Waals surface area contributed by atoms with Gasteiger partial charge >= 0.3 is 0 Å². The number of thioether (sulfide) groups is 1. The standard InChI is InChI=1S/C14H16N2O2S/c1-9-6-10-4-2-3-5-12(10)16(9)14(18)11-7-19-8-13(17)15-11/h2-5,9,11H,6-8H2,1H3,(H,15,17). The van der Waals surface area contributed by atoms with Crippen LogP contribution in [0.15, 0.2) is 24.3 Å². The fourth-order valence-electron chi connectivity index (χ4n) is 2.75. The summed E-state index contributed by atoms with van der Waals surface area (Å²) in [7, 11) is 0. The van der Waals surface area contributed by atoms with Gasteiger partial charge in [-0.25, -0.2) is 0 Å². The van der Waals surface area contributed by atoms with Gasteiger partial charge in [0.25, 0.3) is 5.91 Å². The summed E-state index contributed by atoms with van der Waals surface area (Å²) in [6.45, 7) is 2.05. The Bertz CT molecular complexity index is 532. The van der Waals surface area contributed by atoms with Gasteiger partial charge in [-0.15, -0.1) is 11.8 Å². The molecule has 1 saturated heterocycles. The van der Waals surface area contributed by atoms with Crippen LogP contribution in [0, 0.1) is 0 Å². The summed E-state index contributed by atoms with van der Waals surface area (Å²) in [5.74, 6) is 1.08. The first-order valence-electron chi connectivity index (χ1n) is 6.45. The lowest BCUT2D eigenvalue weighted by Gasteiger charge is -2.30. The molecule has 0 bridgehead atoms. The molecule has 1 aromatic carbocycles. The lowest BCUT2D eigenvalue weighted by molar-refractivity contribution is -0.126. The van der Waals surface area contributed by atoms with E-state index in [1.54, 1.807) is 0 Å². The van der Waals surface area contributed by atoms with Crippen molar-refractivity contribution in [1.82, 2.24) is 5.32 Å². The molecule has 0 spiro atoms. The number of benzene rings is 1. The molecule has 4 nitrogen and oxygen atoms in total. The van der Waals surface area contributed by atoms with Gasteiger partial charge in [-0.3, -0.25) is 9.59 Å². The molecule has 1 N–H and O–H groups in total. The minimum absolute atomic E-state index is 0.0120. The van der Waals surface area contributed by atoms with E-state index in [9.17, 15) is 9.59 Å². The van der Waals surface area contributed by atoms with Gasteiger partial charge in [0.1, 0.15) is 6.04 Å². The van der Waals surface area contributed by atoms with Gasteiger partial charge < -0.3 is 10.2 Å². The molecule has 2 aliphatic rings. The highest BCUT2D eigenvalue weighted by Crippen LogP contribution is 2.32. The number of carbonyl (C=O) groups excluding carboxylic acids is 2. The Kier molecular flexibility index (Phi) is 3.22. The van der Waals surface area contributed by atoms with Crippen molar-refractivity contribution in [3.8, 4) is 0 Å². The smallest absolute Gasteiger partial charge is 0.250 e. The Morgan fingerprint density at radius 3 is 3.00 bits per heavy atom. The number of carbonyl (C=O) groups is 2. The molecule has 2 unspecified atom stereocenters. The average Bonchev–Trinajstić information content (AvgIpc) is 2.74. The largest absolute Gasteiger partial charge is 0.343 e. The maximum atomic E-state index is 12.6. The molecular weight excluding hydrogens is 260 g/mol. The van der Waals surface area contributed by atoms with Gasteiger partial charge in [-0.1, -0.05) is 18.2 Å². The Hall–Kier alpha value is -1.49. The van der Waals surface area contributed by atoms with Crippen LogP contribution in [0.2, 0.25) is 0 Å². The predicted molar refractivity (Wildman–Crippen MR) is 76.3 cm³/mol. The van der Waals surface area contributed by atoms with Gasteiger partial charge in [-0.05, 0) is 25.0 Å². The first kappa shape index (κ1) is 12.5. The van der Waals surface area contributed by atoms with E-state index in [0.717, 1.165) is 12.1 Å². The zero-order valence-corrected chi connectivity index (χ0v) is 11.6. The molecular formula is C14H16N2O2S. The third-order valence-electron chi connectivity index (χ3n) is 3.60. The van der Waals surface area contributed by atoms with E-state index in [1.165, 1.54) is 17.3 Å². The molecule has 19 heavy (non-hydrogen) atoms. The number of hydrogen-bond acceptors (Lipinski definition) is 3. The number of nitrogens with zero attached hydrogens (tertiary/aromatic N) is 1. The third-order valence-corrected chi connectivity index (χ3v) is 4.63. The normalized spacial score (nSPS) is 25.9. The summed E-state index contributed by atoms with van der Waals surface area (Å²) >= 11 is 1.52. The molecule has 2 heterocycles. The second-order valence-electron chi connectivity index (χ2n) is 5.03. The number of hydrogen-bond donors (Lipinski definition) is 1. The number of para-hydroxylation sites is 1. The Morgan fingerprint density at radius 2 is 2.21 bits per heavy atom. The van der Waals surface area contributed by atoms with E-state index in [4.69, 9.17) is 0 Å². The number of amides is 2. The second-order valence-corrected chi connectivity index (χ2v) is 6.06. The van der Waals surface area contributed by atoms with Gasteiger partial charge in [-0.2, -0.15) is 0 Å². The van der Waals surface area contributed by atoms with Crippen molar-refractivity contribution in [2.45, 2.75) is 25.4 Å². The van der Waals surface area contributed by atoms with E-state index in [1.807, 2.05) is 23.1 Å². The van der Waals surface area contributed by atoms with Crippen LogP contribution in [0.5, 0.6) is 0 Å². The lowest BCUT2D eigenvalue weighted by Crippen LogP contribution is -2.54. The van der Waals surface area contributed by atoms with Crippen LogP contribution in [0.1, 0.15) is 12.5 Å². The zero-order valence-electron chi connectivity index (χ0n) is 10.8. The summed E-state index contributed by atoms with van der Waals surface area (Å²) < 4.78 is 0. The fourth-order valence-corrected chi connectivity index (χ4v) is 3.60. The second kappa shape index (κ2) is 4.89. The molecule has 0 saturated carbocycles. The van der Waals surface area contributed by atoms with E-state index in [2.05, 4.69) is 18.3 Å². The maximum Gasteiger partial charge on any atom is 0.250 e. The summed E-state index contributed by atoms with van der Waals surface area (Å²) in [6.07, 6.45) is 0.885. The minimum atomic E-state index is -0.389. The van der Waals surface area contributed by atoms with E-state index < -0.39 is 0 Å². The monoisotopic (exact) mass is 276 g/mol. The molecule has 100 valence electrons. The summed E-state index contributed by atoms with van der Waals surface area (Å²) in [5.41, 5.74) is 2.20. The Labute approximate surface area is 116 Å². The summed E-state index contributed by atoms with van der Waals surface area (Å²) in [5, 5.41) is 2.79. The minimum Gasteiger partial charge on any atom is -0.343 e. The highest BCUT2D eigenvalue weighted by atomic mass is 32.2. The van der Waals surface area contributed by atoms with E-state index in [-0.39, 0.29) is 23.9 Å². The van der Waals surface area contributed by atoms with Gasteiger partial charge in [0.05, 0.1) is 5.75 Å². The molecule has 1 fully saturated rings. The molecule has 2 atom stereocenters. The number of nitrogens with one attached hydrogen (secondary N) is 1. The van der Waals surface area contributed by atoms with Gasteiger partial charge in [0, 0.05) is 17.5 Å². The van der Waals surface area contributed by atoms with Crippen LogP contribution in [0.3, 0.4) is 0 Å². The van der Waals surface area contributed by atoms with Crippen LogP contribution in [0.4, 0.5) is 5.69 Å². The highest BCUT2D eigenvalue weighted by Gasteiger charge is 2.36. The Morgan fingerprint density at radius 1 is 1.42 bits per heavy atom. The summed E-state index contributed by atoms with van der Waals surface area (Å²) in [6, 6.07) is 7.76. The predicted octanol–water partition coefficient (Wildman–Crippen LogP) is 1.20.